The molecule has 1 aromatic carbocycles. The lowest BCUT2D eigenvalue weighted by Gasteiger charge is -2.08. The second-order valence-corrected chi connectivity index (χ2v) is 3.80. The fourth-order valence-electron chi connectivity index (χ4n) is 1.26. The van der Waals surface area contributed by atoms with E-state index in [4.69, 9.17) is 33.7 Å². The molecule has 0 fully saturated rings. The number of aryl methyl sites for hydroxylation is 1. The molecule has 0 aliphatic heterocycles. The predicted octanol–water partition coefficient (Wildman–Crippen LogP) is 2.89. The summed E-state index contributed by atoms with van der Waals surface area (Å²) in [6, 6.07) is 3.73. The Hall–Kier alpha value is -0.440. The average molecular weight is 234 g/mol. The molecule has 0 atom stereocenters. The fourth-order valence-corrected chi connectivity index (χ4v) is 1.94. The molecule has 0 bridgehead atoms. The van der Waals surface area contributed by atoms with Crippen molar-refractivity contribution in [3.05, 3.63) is 27.7 Å². The number of hydrogen-bond donors (Lipinski definition) is 1. The molecule has 0 aromatic heterocycles. The van der Waals surface area contributed by atoms with Crippen LogP contribution in [0.5, 0.6) is 5.75 Å². The van der Waals surface area contributed by atoms with Gasteiger partial charge in [-0.1, -0.05) is 23.2 Å². The number of benzene rings is 1. The molecule has 78 valence electrons. The Morgan fingerprint density at radius 2 is 1.86 bits per heavy atom. The maximum atomic E-state index is 5.97. The van der Waals surface area contributed by atoms with Crippen LogP contribution in [0.15, 0.2) is 12.1 Å². The van der Waals surface area contributed by atoms with Crippen LogP contribution < -0.4 is 10.5 Å². The minimum atomic E-state index is 0.532. The Morgan fingerprint density at radius 1 is 1.29 bits per heavy atom. The van der Waals surface area contributed by atoms with Gasteiger partial charge in [-0.25, -0.2) is 0 Å². The summed E-state index contributed by atoms with van der Waals surface area (Å²) in [5.74, 6) is 0.532. The van der Waals surface area contributed by atoms with E-state index >= 15 is 0 Å². The van der Waals surface area contributed by atoms with E-state index in [1.807, 2.05) is 12.1 Å². The summed E-state index contributed by atoms with van der Waals surface area (Å²) < 4.78 is 5.05. The lowest BCUT2D eigenvalue weighted by atomic mass is 10.1. The van der Waals surface area contributed by atoms with Gasteiger partial charge in [-0.05, 0) is 37.1 Å². The highest BCUT2D eigenvalue weighted by atomic mass is 35.5. The van der Waals surface area contributed by atoms with Crippen molar-refractivity contribution in [1.29, 1.82) is 0 Å². The van der Waals surface area contributed by atoms with Crippen LogP contribution in [0.3, 0.4) is 0 Å². The standard InChI is InChI=1S/C10H13Cl2NO/c1-14-10-8(11)5-7(3-2-4-13)6-9(10)12/h5-6H,2-4,13H2,1H3. The molecular weight excluding hydrogens is 221 g/mol. The van der Waals surface area contributed by atoms with E-state index in [-0.39, 0.29) is 0 Å². The topological polar surface area (TPSA) is 35.2 Å². The molecule has 0 aliphatic rings. The Morgan fingerprint density at radius 3 is 2.29 bits per heavy atom. The first-order chi connectivity index (χ1) is 6.69. The number of rotatable bonds is 4. The Labute approximate surface area is 94.0 Å². The summed E-state index contributed by atoms with van der Waals surface area (Å²) in [5.41, 5.74) is 6.51. The fraction of sp³-hybridized carbons (Fsp3) is 0.400. The normalized spacial score (nSPS) is 10.3. The molecule has 0 spiro atoms. The van der Waals surface area contributed by atoms with E-state index in [1.165, 1.54) is 0 Å². The summed E-state index contributed by atoms with van der Waals surface area (Å²) in [6.07, 6.45) is 1.82. The van der Waals surface area contributed by atoms with Gasteiger partial charge >= 0.3 is 0 Å². The molecule has 0 saturated heterocycles. The summed E-state index contributed by atoms with van der Waals surface area (Å²) in [7, 11) is 1.55. The average Bonchev–Trinajstić information content (AvgIpc) is 2.14. The van der Waals surface area contributed by atoms with Crippen LogP contribution in [0, 0.1) is 0 Å². The number of methoxy groups -OCH3 is 1. The van der Waals surface area contributed by atoms with Crippen molar-refractivity contribution in [3.63, 3.8) is 0 Å². The zero-order valence-electron chi connectivity index (χ0n) is 8.02. The molecule has 0 radical (unpaired) electrons. The van der Waals surface area contributed by atoms with E-state index in [9.17, 15) is 0 Å². The van der Waals surface area contributed by atoms with Gasteiger partial charge in [0.2, 0.25) is 0 Å². The number of ether oxygens (including phenoxy) is 1. The van der Waals surface area contributed by atoms with Gasteiger partial charge in [0.25, 0.3) is 0 Å². The van der Waals surface area contributed by atoms with E-state index in [2.05, 4.69) is 0 Å². The molecule has 2 N–H and O–H groups in total. The Kier molecular flexibility index (Phi) is 4.52. The highest BCUT2D eigenvalue weighted by molar-refractivity contribution is 6.37. The minimum Gasteiger partial charge on any atom is -0.494 e. The van der Waals surface area contributed by atoms with Gasteiger partial charge in [-0.3, -0.25) is 0 Å². The number of nitrogens with two attached hydrogens (primary N) is 1. The quantitative estimate of drug-likeness (QED) is 0.869. The molecule has 1 rings (SSSR count). The van der Waals surface area contributed by atoms with Crippen LogP contribution in [0.1, 0.15) is 12.0 Å². The van der Waals surface area contributed by atoms with Crippen molar-refractivity contribution < 1.29 is 4.74 Å². The predicted molar refractivity (Wildman–Crippen MR) is 60.4 cm³/mol. The summed E-state index contributed by atoms with van der Waals surface area (Å²) in [5, 5.41) is 1.10. The van der Waals surface area contributed by atoms with Crippen LogP contribution >= 0.6 is 23.2 Å². The molecule has 0 heterocycles. The molecule has 0 aliphatic carbocycles. The van der Waals surface area contributed by atoms with E-state index < -0.39 is 0 Å². The number of hydrogen-bond acceptors (Lipinski definition) is 2. The van der Waals surface area contributed by atoms with Crippen molar-refractivity contribution in [3.8, 4) is 5.75 Å². The van der Waals surface area contributed by atoms with Gasteiger partial charge < -0.3 is 10.5 Å². The SMILES string of the molecule is COc1c(Cl)cc(CCCN)cc1Cl. The third-order valence-electron chi connectivity index (χ3n) is 1.93. The minimum absolute atomic E-state index is 0.532. The Balaban J connectivity index is 2.90. The van der Waals surface area contributed by atoms with Gasteiger partial charge in [0.05, 0.1) is 17.2 Å². The molecule has 0 saturated carbocycles. The van der Waals surface area contributed by atoms with E-state index in [0.29, 0.717) is 22.3 Å². The molecular formula is C10H13Cl2NO. The first-order valence-corrected chi connectivity index (χ1v) is 5.16. The summed E-state index contributed by atoms with van der Waals surface area (Å²) >= 11 is 11.9. The Bertz CT molecular complexity index is 292. The lowest BCUT2D eigenvalue weighted by Crippen LogP contribution is -2.00. The highest BCUT2D eigenvalue weighted by Crippen LogP contribution is 2.33. The zero-order valence-corrected chi connectivity index (χ0v) is 9.53. The second-order valence-electron chi connectivity index (χ2n) is 2.98. The second kappa shape index (κ2) is 5.44. The van der Waals surface area contributed by atoms with Gasteiger partial charge in [0.1, 0.15) is 0 Å². The summed E-state index contributed by atoms with van der Waals surface area (Å²) in [6.45, 7) is 0.668. The first kappa shape index (κ1) is 11.6. The van der Waals surface area contributed by atoms with Gasteiger partial charge in [0.15, 0.2) is 5.75 Å². The van der Waals surface area contributed by atoms with Crippen LogP contribution in [0.2, 0.25) is 10.0 Å². The van der Waals surface area contributed by atoms with Crippen molar-refractivity contribution >= 4 is 23.2 Å². The third kappa shape index (κ3) is 2.77. The molecule has 2 nitrogen and oxygen atoms in total. The molecule has 4 heteroatoms. The maximum Gasteiger partial charge on any atom is 0.156 e. The van der Waals surface area contributed by atoms with Crippen LogP contribution in [0.25, 0.3) is 0 Å². The van der Waals surface area contributed by atoms with Crippen LogP contribution in [-0.4, -0.2) is 13.7 Å². The number of halogens is 2. The van der Waals surface area contributed by atoms with Gasteiger partial charge in [0, 0.05) is 0 Å². The lowest BCUT2D eigenvalue weighted by molar-refractivity contribution is 0.415. The van der Waals surface area contributed by atoms with E-state index in [0.717, 1.165) is 18.4 Å². The highest BCUT2D eigenvalue weighted by Gasteiger charge is 2.07. The van der Waals surface area contributed by atoms with Crippen molar-refractivity contribution in [1.82, 2.24) is 0 Å². The summed E-state index contributed by atoms with van der Waals surface area (Å²) in [4.78, 5) is 0. The zero-order chi connectivity index (χ0) is 10.6. The monoisotopic (exact) mass is 233 g/mol. The van der Waals surface area contributed by atoms with Crippen molar-refractivity contribution in [2.45, 2.75) is 12.8 Å². The van der Waals surface area contributed by atoms with Crippen molar-refractivity contribution in [2.24, 2.45) is 5.73 Å². The van der Waals surface area contributed by atoms with Crippen LogP contribution in [-0.2, 0) is 6.42 Å². The van der Waals surface area contributed by atoms with Gasteiger partial charge in [-0.15, -0.1) is 0 Å². The third-order valence-corrected chi connectivity index (χ3v) is 2.49. The smallest absolute Gasteiger partial charge is 0.156 e. The van der Waals surface area contributed by atoms with Crippen LogP contribution in [0.4, 0.5) is 0 Å². The van der Waals surface area contributed by atoms with Gasteiger partial charge in [-0.2, -0.15) is 0 Å². The maximum absolute atomic E-state index is 5.97. The van der Waals surface area contributed by atoms with Crippen molar-refractivity contribution in [2.75, 3.05) is 13.7 Å². The molecule has 14 heavy (non-hydrogen) atoms. The molecule has 1 aromatic rings. The molecule has 0 unspecified atom stereocenters. The molecule has 0 amide bonds. The van der Waals surface area contributed by atoms with E-state index in [1.54, 1.807) is 7.11 Å². The largest absolute Gasteiger partial charge is 0.494 e. The first-order valence-electron chi connectivity index (χ1n) is 4.41.